The van der Waals surface area contributed by atoms with Crippen LogP contribution >= 0.6 is 0 Å². The van der Waals surface area contributed by atoms with Crippen LogP contribution in [0.1, 0.15) is 25.5 Å². The van der Waals surface area contributed by atoms with E-state index in [1.165, 1.54) is 13.1 Å². The first-order valence-corrected chi connectivity index (χ1v) is 6.17. The standard InChI is InChI=1S/C13H17F2N3O2/c1-7(10-5-4-9(14)6-11(10)15)17-8(2)12(19)18-13(20)16-3/h4-8,17H,1-3H3,(H2,16,18,19,20)/p+1/t7-,8-/m1/s1. The molecule has 0 spiro atoms. The molecule has 0 radical (unpaired) electrons. The molecule has 0 saturated heterocycles. The molecule has 7 heteroatoms. The van der Waals surface area contributed by atoms with E-state index in [2.05, 4.69) is 10.6 Å². The zero-order chi connectivity index (χ0) is 15.3. The number of rotatable bonds is 4. The summed E-state index contributed by atoms with van der Waals surface area (Å²) in [5, 5.41) is 5.99. The summed E-state index contributed by atoms with van der Waals surface area (Å²) >= 11 is 0. The van der Waals surface area contributed by atoms with Crippen LogP contribution in [0, 0.1) is 11.6 Å². The number of benzene rings is 1. The molecule has 2 atom stereocenters. The number of carbonyl (C=O) groups excluding carboxylic acids is 2. The molecule has 0 bridgehead atoms. The highest BCUT2D eigenvalue weighted by Gasteiger charge is 2.23. The maximum atomic E-state index is 13.6. The summed E-state index contributed by atoms with van der Waals surface area (Å²) in [6.45, 7) is 3.29. The number of urea groups is 1. The van der Waals surface area contributed by atoms with Gasteiger partial charge in [0.25, 0.3) is 5.91 Å². The van der Waals surface area contributed by atoms with Crippen molar-refractivity contribution in [3.8, 4) is 0 Å². The lowest BCUT2D eigenvalue weighted by Crippen LogP contribution is -2.92. The quantitative estimate of drug-likeness (QED) is 0.751. The number of carbonyl (C=O) groups is 2. The Bertz CT molecular complexity index is 508. The van der Waals surface area contributed by atoms with E-state index in [0.29, 0.717) is 5.56 Å². The minimum absolute atomic E-state index is 0.297. The molecular weight excluding hydrogens is 268 g/mol. The van der Waals surface area contributed by atoms with Crippen molar-refractivity contribution in [1.82, 2.24) is 10.6 Å². The number of imide groups is 1. The first-order valence-electron chi connectivity index (χ1n) is 6.17. The van der Waals surface area contributed by atoms with Crippen molar-refractivity contribution in [3.63, 3.8) is 0 Å². The average Bonchev–Trinajstić information content (AvgIpc) is 2.37. The van der Waals surface area contributed by atoms with Gasteiger partial charge in [-0.15, -0.1) is 0 Å². The number of hydrogen-bond acceptors (Lipinski definition) is 2. The fourth-order valence-electron chi connectivity index (χ4n) is 1.78. The normalized spacial score (nSPS) is 13.4. The molecule has 1 aromatic carbocycles. The van der Waals surface area contributed by atoms with E-state index in [1.807, 2.05) is 0 Å². The minimum atomic E-state index is -0.660. The van der Waals surface area contributed by atoms with E-state index in [9.17, 15) is 18.4 Å². The van der Waals surface area contributed by atoms with Crippen LogP contribution in [0.25, 0.3) is 0 Å². The van der Waals surface area contributed by atoms with Crippen molar-refractivity contribution < 1.29 is 23.7 Å². The van der Waals surface area contributed by atoms with Crippen LogP contribution < -0.4 is 16.0 Å². The van der Waals surface area contributed by atoms with Crippen molar-refractivity contribution in [3.05, 3.63) is 35.4 Å². The highest BCUT2D eigenvalue weighted by Crippen LogP contribution is 2.14. The predicted octanol–water partition coefficient (Wildman–Crippen LogP) is 0.433. The van der Waals surface area contributed by atoms with Gasteiger partial charge in [-0.1, -0.05) is 0 Å². The summed E-state index contributed by atoms with van der Waals surface area (Å²) in [7, 11) is 1.40. The summed E-state index contributed by atoms with van der Waals surface area (Å²) in [4.78, 5) is 22.7. The van der Waals surface area contributed by atoms with Crippen LogP contribution in [0.3, 0.4) is 0 Å². The van der Waals surface area contributed by atoms with E-state index < -0.39 is 29.6 Å². The smallest absolute Gasteiger partial charge is 0.321 e. The maximum Gasteiger partial charge on any atom is 0.321 e. The fourth-order valence-corrected chi connectivity index (χ4v) is 1.78. The van der Waals surface area contributed by atoms with Gasteiger partial charge in [0, 0.05) is 18.7 Å². The summed E-state index contributed by atoms with van der Waals surface area (Å²) in [6.07, 6.45) is 0. The van der Waals surface area contributed by atoms with Gasteiger partial charge in [-0.25, -0.2) is 13.6 Å². The van der Waals surface area contributed by atoms with Gasteiger partial charge in [-0.2, -0.15) is 0 Å². The molecule has 0 unspecified atom stereocenters. The van der Waals surface area contributed by atoms with E-state index in [4.69, 9.17) is 0 Å². The number of nitrogens with one attached hydrogen (secondary N) is 2. The van der Waals surface area contributed by atoms with Gasteiger partial charge < -0.3 is 10.6 Å². The largest absolute Gasteiger partial charge is 0.341 e. The molecule has 0 fully saturated rings. The van der Waals surface area contributed by atoms with Crippen LogP contribution in [-0.4, -0.2) is 25.0 Å². The number of quaternary nitrogens is 1. The van der Waals surface area contributed by atoms with Crippen molar-refractivity contribution in [2.24, 2.45) is 0 Å². The van der Waals surface area contributed by atoms with E-state index >= 15 is 0 Å². The zero-order valence-corrected chi connectivity index (χ0v) is 11.5. The highest BCUT2D eigenvalue weighted by molar-refractivity contribution is 5.95. The van der Waals surface area contributed by atoms with Gasteiger partial charge in [0.05, 0.1) is 0 Å². The molecule has 4 N–H and O–H groups in total. The van der Waals surface area contributed by atoms with E-state index in [1.54, 1.807) is 19.2 Å². The second-order valence-electron chi connectivity index (χ2n) is 4.50. The number of nitrogens with two attached hydrogens (primary N) is 1. The van der Waals surface area contributed by atoms with Crippen molar-refractivity contribution in [2.45, 2.75) is 25.9 Å². The van der Waals surface area contributed by atoms with Gasteiger partial charge in [0.15, 0.2) is 6.04 Å². The SMILES string of the molecule is CNC(=O)NC(=O)[C@@H](C)[NH2+][C@H](C)c1ccc(F)cc1F. The lowest BCUT2D eigenvalue weighted by molar-refractivity contribution is -0.710. The summed E-state index contributed by atoms with van der Waals surface area (Å²) in [5.41, 5.74) is 0.297. The average molecular weight is 286 g/mol. The molecule has 0 aliphatic rings. The second kappa shape index (κ2) is 6.95. The summed E-state index contributed by atoms with van der Waals surface area (Å²) < 4.78 is 26.4. The third-order valence-corrected chi connectivity index (χ3v) is 2.91. The monoisotopic (exact) mass is 286 g/mol. The third kappa shape index (κ3) is 4.27. The molecule has 20 heavy (non-hydrogen) atoms. The van der Waals surface area contributed by atoms with Crippen LogP contribution in [0.4, 0.5) is 13.6 Å². The van der Waals surface area contributed by atoms with Crippen molar-refractivity contribution >= 4 is 11.9 Å². The third-order valence-electron chi connectivity index (χ3n) is 2.91. The lowest BCUT2D eigenvalue weighted by Gasteiger charge is -2.16. The molecule has 110 valence electrons. The Morgan fingerprint density at radius 2 is 1.90 bits per heavy atom. The lowest BCUT2D eigenvalue weighted by atomic mass is 10.1. The Balaban J connectivity index is 2.67. The zero-order valence-electron chi connectivity index (χ0n) is 11.5. The number of amides is 3. The van der Waals surface area contributed by atoms with E-state index in [-0.39, 0.29) is 6.04 Å². The topological polar surface area (TPSA) is 74.8 Å². The first-order chi connectivity index (χ1) is 9.35. The Kier molecular flexibility index (Phi) is 5.57. The first kappa shape index (κ1) is 16.0. The molecule has 1 aromatic rings. The van der Waals surface area contributed by atoms with Gasteiger partial charge >= 0.3 is 6.03 Å². The summed E-state index contributed by atoms with van der Waals surface area (Å²) in [6, 6.07) is 1.73. The Morgan fingerprint density at radius 3 is 2.45 bits per heavy atom. The molecule has 0 aliphatic heterocycles. The Hall–Kier alpha value is -2.02. The van der Waals surface area contributed by atoms with Crippen molar-refractivity contribution in [1.29, 1.82) is 0 Å². The van der Waals surface area contributed by atoms with Crippen LogP contribution in [0.2, 0.25) is 0 Å². The van der Waals surface area contributed by atoms with Crippen molar-refractivity contribution in [2.75, 3.05) is 7.05 Å². The molecular formula is C13H18F2N3O2+. The van der Waals surface area contributed by atoms with Crippen LogP contribution in [0.15, 0.2) is 18.2 Å². The molecule has 0 aromatic heterocycles. The molecule has 3 amide bonds. The number of hydrogen-bond donors (Lipinski definition) is 3. The second-order valence-corrected chi connectivity index (χ2v) is 4.50. The van der Waals surface area contributed by atoms with Gasteiger partial charge in [-0.05, 0) is 26.0 Å². The Labute approximate surface area is 115 Å². The van der Waals surface area contributed by atoms with Crippen LogP contribution in [-0.2, 0) is 4.79 Å². The minimum Gasteiger partial charge on any atom is -0.341 e. The molecule has 0 heterocycles. The Morgan fingerprint density at radius 1 is 1.25 bits per heavy atom. The molecule has 5 nitrogen and oxygen atoms in total. The number of halogens is 2. The van der Waals surface area contributed by atoms with Gasteiger partial charge in [0.2, 0.25) is 0 Å². The van der Waals surface area contributed by atoms with Gasteiger partial charge in [0.1, 0.15) is 17.7 Å². The maximum absolute atomic E-state index is 13.6. The molecule has 0 saturated carbocycles. The molecule has 0 aliphatic carbocycles. The predicted molar refractivity (Wildman–Crippen MR) is 68.8 cm³/mol. The van der Waals surface area contributed by atoms with E-state index in [0.717, 1.165) is 12.1 Å². The summed E-state index contributed by atoms with van der Waals surface area (Å²) in [5.74, 6) is -1.80. The van der Waals surface area contributed by atoms with Gasteiger partial charge in [-0.3, -0.25) is 10.1 Å². The van der Waals surface area contributed by atoms with Crippen LogP contribution in [0.5, 0.6) is 0 Å². The highest BCUT2D eigenvalue weighted by atomic mass is 19.1. The fraction of sp³-hybridized carbons (Fsp3) is 0.385. The molecule has 1 rings (SSSR count).